The maximum absolute atomic E-state index is 12.9. The van der Waals surface area contributed by atoms with Crippen LogP contribution in [0.2, 0.25) is 0 Å². The average Bonchev–Trinajstić information content (AvgIpc) is 3.47. The quantitative estimate of drug-likeness (QED) is 0.646. The molecule has 27 heavy (non-hydrogen) atoms. The fourth-order valence-corrected chi connectivity index (χ4v) is 4.25. The number of carbonyl (C=O) groups excluding carboxylic acids is 1. The molecule has 0 aromatic carbocycles. The third-order valence-electron chi connectivity index (χ3n) is 4.97. The lowest BCUT2D eigenvalue weighted by molar-refractivity contribution is -0.135. The molecule has 0 bridgehead atoms. The van der Waals surface area contributed by atoms with Crippen molar-refractivity contribution in [3.63, 3.8) is 0 Å². The van der Waals surface area contributed by atoms with Crippen LogP contribution < -0.4 is 0 Å². The fraction of sp³-hybridized carbons (Fsp3) is 0.474. The fourth-order valence-electron chi connectivity index (χ4n) is 3.60. The number of amides is 1. The molecule has 3 aromatic heterocycles. The molecule has 0 N–H and O–H groups in total. The molecule has 1 saturated heterocycles. The lowest BCUT2D eigenvalue weighted by Gasteiger charge is -2.35. The number of hydrogen-bond donors (Lipinski definition) is 0. The first-order valence-electron chi connectivity index (χ1n) is 9.43. The van der Waals surface area contributed by atoms with Gasteiger partial charge in [-0.05, 0) is 37.6 Å². The summed E-state index contributed by atoms with van der Waals surface area (Å²) in [5.74, 6) is 2.22. The summed E-state index contributed by atoms with van der Waals surface area (Å²) in [5.41, 5.74) is 0. The Kier molecular flexibility index (Phi) is 5.33. The van der Waals surface area contributed by atoms with Crippen LogP contribution in [-0.2, 0) is 17.8 Å². The lowest BCUT2D eigenvalue weighted by Crippen LogP contribution is -2.39. The predicted octanol–water partition coefficient (Wildman–Crippen LogP) is 3.70. The van der Waals surface area contributed by atoms with Crippen molar-refractivity contribution >= 4 is 17.2 Å². The zero-order chi connectivity index (χ0) is 18.6. The van der Waals surface area contributed by atoms with E-state index in [2.05, 4.69) is 26.6 Å². The van der Waals surface area contributed by atoms with Crippen LogP contribution in [0.3, 0.4) is 0 Å². The van der Waals surface area contributed by atoms with E-state index in [0.29, 0.717) is 24.6 Å². The molecule has 0 unspecified atom stereocenters. The summed E-state index contributed by atoms with van der Waals surface area (Å²) in [6, 6.07) is 3.97. The molecule has 1 fully saturated rings. The Balaban J connectivity index is 1.42. The molecular formula is C19H23N5O2S. The van der Waals surface area contributed by atoms with Crippen LogP contribution in [0.15, 0.2) is 34.4 Å². The largest absolute Gasteiger partial charge is 0.339 e. The highest BCUT2D eigenvalue weighted by atomic mass is 32.1. The van der Waals surface area contributed by atoms with Crippen LogP contribution in [0.25, 0.3) is 10.7 Å². The SMILES string of the molecule is CCn1ccnc1[C@@H]1CCCCN1C(=O)CCc1nc(-c2cccs2)no1. The van der Waals surface area contributed by atoms with E-state index in [9.17, 15) is 4.79 Å². The number of piperidine rings is 1. The minimum atomic E-state index is 0.0607. The Bertz CT molecular complexity index is 886. The van der Waals surface area contributed by atoms with E-state index in [4.69, 9.17) is 4.52 Å². The van der Waals surface area contributed by atoms with Gasteiger partial charge in [-0.2, -0.15) is 4.98 Å². The smallest absolute Gasteiger partial charge is 0.227 e. The number of nitrogens with zero attached hydrogens (tertiary/aromatic N) is 5. The van der Waals surface area contributed by atoms with Gasteiger partial charge in [0.2, 0.25) is 17.6 Å². The summed E-state index contributed by atoms with van der Waals surface area (Å²) in [7, 11) is 0. The molecule has 7 nitrogen and oxygen atoms in total. The van der Waals surface area contributed by atoms with Crippen molar-refractivity contribution in [3.8, 4) is 10.7 Å². The van der Waals surface area contributed by atoms with Gasteiger partial charge >= 0.3 is 0 Å². The van der Waals surface area contributed by atoms with Crippen LogP contribution in [0.5, 0.6) is 0 Å². The number of imidazole rings is 1. The van der Waals surface area contributed by atoms with Crippen molar-refractivity contribution in [3.05, 3.63) is 41.6 Å². The van der Waals surface area contributed by atoms with Crippen molar-refractivity contribution < 1.29 is 9.32 Å². The standard InChI is InChI=1S/C19H23N5O2S/c1-2-23-12-10-20-19(23)14-6-3-4-11-24(14)17(25)9-8-16-21-18(22-26-16)15-7-5-13-27-15/h5,7,10,12-14H,2-4,6,8-9,11H2,1H3/t14-/m0/s1. The first-order valence-corrected chi connectivity index (χ1v) is 10.3. The molecule has 0 spiro atoms. The normalized spacial score (nSPS) is 17.4. The summed E-state index contributed by atoms with van der Waals surface area (Å²) in [6.07, 6.45) is 7.76. The first kappa shape index (κ1) is 17.9. The Morgan fingerprint density at radius 2 is 2.33 bits per heavy atom. The number of carbonyl (C=O) groups is 1. The number of likely N-dealkylation sites (tertiary alicyclic amines) is 1. The van der Waals surface area contributed by atoms with Crippen molar-refractivity contribution in [1.82, 2.24) is 24.6 Å². The highest BCUT2D eigenvalue weighted by molar-refractivity contribution is 7.13. The molecule has 8 heteroatoms. The van der Waals surface area contributed by atoms with Crippen LogP contribution in [0, 0.1) is 0 Å². The van der Waals surface area contributed by atoms with Crippen molar-refractivity contribution in [2.45, 2.75) is 51.6 Å². The van der Waals surface area contributed by atoms with Gasteiger partial charge in [0.1, 0.15) is 5.82 Å². The van der Waals surface area contributed by atoms with E-state index in [1.165, 1.54) is 0 Å². The lowest BCUT2D eigenvalue weighted by atomic mass is 10.0. The van der Waals surface area contributed by atoms with E-state index in [1.807, 2.05) is 34.8 Å². The van der Waals surface area contributed by atoms with Crippen molar-refractivity contribution in [1.29, 1.82) is 0 Å². The van der Waals surface area contributed by atoms with E-state index in [0.717, 1.165) is 43.1 Å². The maximum atomic E-state index is 12.9. The van der Waals surface area contributed by atoms with Gasteiger partial charge in [-0.15, -0.1) is 11.3 Å². The molecule has 4 rings (SSSR count). The van der Waals surface area contributed by atoms with Crippen LogP contribution in [0.4, 0.5) is 0 Å². The van der Waals surface area contributed by atoms with Gasteiger partial charge in [0.15, 0.2) is 0 Å². The molecule has 1 aliphatic heterocycles. The third-order valence-corrected chi connectivity index (χ3v) is 5.84. The second-order valence-corrected chi connectivity index (χ2v) is 7.61. The number of aryl methyl sites for hydroxylation is 2. The zero-order valence-electron chi connectivity index (χ0n) is 15.4. The predicted molar refractivity (Wildman–Crippen MR) is 102 cm³/mol. The molecule has 0 radical (unpaired) electrons. The number of hydrogen-bond acceptors (Lipinski definition) is 6. The Morgan fingerprint density at radius 3 is 3.15 bits per heavy atom. The number of rotatable bonds is 6. The van der Waals surface area contributed by atoms with Crippen molar-refractivity contribution in [2.75, 3.05) is 6.54 Å². The molecule has 3 aromatic rings. The summed E-state index contributed by atoms with van der Waals surface area (Å²) in [4.78, 5) is 24.8. The summed E-state index contributed by atoms with van der Waals surface area (Å²) < 4.78 is 7.45. The second kappa shape index (κ2) is 8.04. The highest BCUT2D eigenvalue weighted by Crippen LogP contribution is 2.31. The third kappa shape index (κ3) is 3.80. The van der Waals surface area contributed by atoms with Gasteiger partial charge < -0.3 is 14.0 Å². The molecule has 1 atom stereocenters. The maximum Gasteiger partial charge on any atom is 0.227 e. The van der Waals surface area contributed by atoms with Gasteiger partial charge in [-0.25, -0.2) is 4.98 Å². The molecule has 1 amide bonds. The van der Waals surface area contributed by atoms with E-state index in [-0.39, 0.29) is 11.9 Å². The Morgan fingerprint density at radius 1 is 1.41 bits per heavy atom. The van der Waals surface area contributed by atoms with Gasteiger partial charge in [0.05, 0.1) is 10.9 Å². The van der Waals surface area contributed by atoms with E-state index >= 15 is 0 Å². The highest BCUT2D eigenvalue weighted by Gasteiger charge is 2.30. The van der Waals surface area contributed by atoms with Gasteiger partial charge in [0, 0.05) is 38.3 Å². The van der Waals surface area contributed by atoms with Crippen molar-refractivity contribution in [2.24, 2.45) is 0 Å². The van der Waals surface area contributed by atoms with E-state index in [1.54, 1.807) is 11.3 Å². The number of aromatic nitrogens is 4. The Labute approximate surface area is 162 Å². The summed E-state index contributed by atoms with van der Waals surface area (Å²) in [5, 5.41) is 5.99. The molecule has 0 aliphatic carbocycles. The minimum Gasteiger partial charge on any atom is -0.339 e. The molecule has 0 saturated carbocycles. The number of thiophene rings is 1. The van der Waals surface area contributed by atoms with Crippen LogP contribution in [-0.4, -0.2) is 37.0 Å². The summed E-state index contributed by atoms with van der Waals surface area (Å²) >= 11 is 1.57. The Hall–Kier alpha value is -2.48. The monoisotopic (exact) mass is 385 g/mol. The van der Waals surface area contributed by atoms with Gasteiger partial charge in [-0.1, -0.05) is 11.2 Å². The molecule has 1 aliphatic rings. The first-order chi connectivity index (χ1) is 13.3. The average molecular weight is 385 g/mol. The molecule has 4 heterocycles. The van der Waals surface area contributed by atoms with Gasteiger partial charge in [-0.3, -0.25) is 4.79 Å². The van der Waals surface area contributed by atoms with Crippen LogP contribution >= 0.6 is 11.3 Å². The molecular weight excluding hydrogens is 362 g/mol. The zero-order valence-corrected chi connectivity index (χ0v) is 16.2. The van der Waals surface area contributed by atoms with E-state index < -0.39 is 0 Å². The second-order valence-electron chi connectivity index (χ2n) is 6.66. The van der Waals surface area contributed by atoms with Crippen LogP contribution in [0.1, 0.15) is 50.4 Å². The van der Waals surface area contributed by atoms with Gasteiger partial charge in [0.25, 0.3) is 0 Å². The topological polar surface area (TPSA) is 77.1 Å². The molecule has 142 valence electrons. The summed E-state index contributed by atoms with van der Waals surface area (Å²) in [6.45, 7) is 3.74. The minimum absolute atomic E-state index is 0.0607.